The van der Waals surface area contributed by atoms with Crippen molar-refractivity contribution in [3.8, 4) is 11.5 Å². The van der Waals surface area contributed by atoms with E-state index >= 15 is 0 Å². The number of ether oxygens (including phenoxy) is 1. The van der Waals surface area contributed by atoms with E-state index in [2.05, 4.69) is 9.97 Å². The third-order valence-corrected chi connectivity index (χ3v) is 2.25. The van der Waals surface area contributed by atoms with Crippen LogP contribution in [0.2, 0.25) is 0 Å². The summed E-state index contributed by atoms with van der Waals surface area (Å²) in [5.41, 5.74) is -1.33. The molecule has 1 heterocycles. The van der Waals surface area contributed by atoms with Gasteiger partial charge < -0.3 is 14.8 Å². The van der Waals surface area contributed by atoms with E-state index in [0.717, 1.165) is 6.33 Å². The maximum atomic E-state index is 11.5. The highest BCUT2D eigenvalue weighted by atomic mass is 16.6. The highest BCUT2D eigenvalue weighted by Gasteiger charge is 2.25. The number of aromatic amines is 1. The number of aromatic nitrogens is 2. The molecule has 0 bridgehead atoms. The quantitative estimate of drug-likeness (QED) is 0.581. The minimum Gasteiger partial charge on any atom is -0.499 e. The molecule has 0 unspecified atom stereocenters. The molecule has 0 aliphatic carbocycles. The minimum absolute atomic E-state index is 0.0788. The Hall–Kier alpha value is -2.64. The molecular weight excluding hydrogens is 230 g/mol. The molecule has 0 saturated carbocycles. The van der Waals surface area contributed by atoms with E-state index < -0.39 is 21.9 Å². The number of nitrogens with one attached hydrogen (secondary N) is 1. The first-order valence-corrected chi connectivity index (χ1v) is 4.48. The van der Waals surface area contributed by atoms with E-state index in [0.29, 0.717) is 0 Å². The van der Waals surface area contributed by atoms with Crippen LogP contribution in [0.3, 0.4) is 0 Å². The van der Waals surface area contributed by atoms with Crippen LogP contribution in [0.1, 0.15) is 0 Å². The normalized spacial score (nSPS) is 10.4. The Bertz CT molecular complexity index is 663. The molecule has 0 spiro atoms. The van der Waals surface area contributed by atoms with Gasteiger partial charge >= 0.3 is 5.69 Å². The number of H-pyrrole nitrogens is 1. The standard InChI is InChI=1S/C9H7N3O5/c1-17-5-2-4-6(9(14)11-3-10-4)7(8(5)13)12(15)16/h2-3,13H,1H3,(H,10,11,14). The van der Waals surface area contributed by atoms with Crippen molar-refractivity contribution in [2.75, 3.05) is 7.11 Å². The van der Waals surface area contributed by atoms with E-state index in [1.54, 1.807) is 0 Å². The van der Waals surface area contributed by atoms with Crippen LogP contribution in [0.5, 0.6) is 11.5 Å². The summed E-state index contributed by atoms with van der Waals surface area (Å²) in [6, 6.07) is 1.26. The van der Waals surface area contributed by atoms with Gasteiger partial charge in [-0.3, -0.25) is 14.9 Å². The van der Waals surface area contributed by atoms with Crippen LogP contribution < -0.4 is 10.3 Å². The summed E-state index contributed by atoms with van der Waals surface area (Å²) in [6.07, 6.45) is 1.12. The van der Waals surface area contributed by atoms with Gasteiger partial charge in [0.2, 0.25) is 5.75 Å². The van der Waals surface area contributed by atoms with Gasteiger partial charge in [0.05, 0.1) is 23.9 Å². The van der Waals surface area contributed by atoms with Crippen molar-refractivity contribution in [1.82, 2.24) is 9.97 Å². The van der Waals surface area contributed by atoms with E-state index in [9.17, 15) is 20.0 Å². The predicted molar refractivity (Wildman–Crippen MR) is 57.2 cm³/mol. The summed E-state index contributed by atoms with van der Waals surface area (Å²) in [5.74, 6) is -0.800. The molecule has 0 amide bonds. The molecule has 8 nitrogen and oxygen atoms in total. The average molecular weight is 237 g/mol. The van der Waals surface area contributed by atoms with Crippen molar-refractivity contribution in [2.45, 2.75) is 0 Å². The third kappa shape index (κ3) is 1.55. The molecule has 2 aromatic rings. The largest absolute Gasteiger partial charge is 0.499 e. The van der Waals surface area contributed by atoms with Crippen LogP contribution in [0.25, 0.3) is 10.9 Å². The lowest BCUT2D eigenvalue weighted by atomic mass is 10.2. The van der Waals surface area contributed by atoms with Crippen LogP contribution in [0.15, 0.2) is 17.2 Å². The average Bonchev–Trinajstić information content (AvgIpc) is 2.29. The monoisotopic (exact) mass is 237 g/mol. The molecule has 1 aromatic carbocycles. The maximum absolute atomic E-state index is 11.5. The number of hydrogen-bond donors (Lipinski definition) is 2. The Morgan fingerprint density at radius 2 is 2.29 bits per heavy atom. The molecule has 2 N–H and O–H groups in total. The van der Waals surface area contributed by atoms with Gasteiger partial charge in [0.25, 0.3) is 5.56 Å². The number of aromatic hydroxyl groups is 1. The minimum atomic E-state index is -0.850. The van der Waals surface area contributed by atoms with Crippen LogP contribution in [-0.4, -0.2) is 27.1 Å². The van der Waals surface area contributed by atoms with Crippen molar-refractivity contribution in [1.29, 1.82) is 0 Å². The second-order valence-electron chi connectivity index (χ2n) is 3.16. The Labute approximate surface area is 93.6 Å². The van der Waals surface area contributed by atoms with Crippen molar-refractivity contribution < 1.29 is 14.8 Å². The number of hydrogen-bond acceptors (Lipinski definition) is 6. The number of phenols is 1. The van der Waals surface area contributed by atoms with Gasteiger partial charge in [-0.15, -0.1) is 0 Å². The predicted octanol–water partition coefficient (Wildman–Crippen LogP) is 0.545. The van der Waals surface area contributed by atoms with Gasteiger partial charge in [0.1, 0.15) is 5.39 Å². The Morgan fingerprint density at radius 3 is 2.88 bits per heavy atom. The van der Waals surface area contributed by atoms with Gasteiger partial charge in [-0.05, 0) is 0 Å². The summed E-state index contributed by atoms with van der Waals surface area (Å²) in [4.78, 5) is 27.5. The first kappa shape index (κ1) is 10.9. The highest BCUT2D eigenvalue weighted by molar-refractivity contribution is 5.92. The molecule has 0 saturated heterocycles. The Morgan fingerprint density at radius 1 is 1.59 bits per heavy atom. The summed E-state index contributed by atoms with van der Waals surface area (Å²) in [6.45, 7) is 0. The van der Waals surface area contributed by atoms with Crippen molar-refractivity contribution in [3.63, 3.8) is 0 Å². The topological polar surface area (TPSA) is 118 Å². The first-order valence-electron chi connectivity index (χ1n) is 4.48. The van der Waals surface area contributed by atoms with E-state index in [1.165, 1.54) is 13.2 Å². The molecule has 0 aliphatic rings. The van der Waals surface area contributed by atoms with E-state index in [1.807, 2.05) is 0 Å². The maximum Gasteiger partial charge on any atom is 0.329 e. The Kier molecular flexibility index (Phi) is 2.39. The summed E-state index contributed by atoms with van der Waals surface area (Å²) in [5, 5.41) is 20.2. The lowest BCUT2D eigenvalue weighted by molar-refractivity contribution is -0.384. The summed E-state index contributed by atoms with van der Waals surface area (Å²) >= 11 is 0. The van der Waals surface area contributed by atoms with Gasteiger partial charge in [-0.1, -0.05) is 0 Å². The van der Waals surface area contributed by atoms with Crippen LogP contribution in [-0.2, 0) is 0 Å². The van der Waals surface area contributed by atoms with E-state index in [-0.39, 0.29) is 16.7 Å². The summed E-state index contributed by atoms with van der Waals surface area (Å²) in [7, 11) is 1.25. The smallest absolute Gasteiger partial charge is 0.329 e. The molecule has 0 fully saturated rings. The van der Waals surface area contributed by atoms with Crippen LogP contribution >= 0.6 is 0 Å². The van der Waals surface area contributed by atoms with Crippen molar-refractivity contribution in [3.05, 3.63) is 32.9 Å². The lowest BCUT2D eigenvalue weighted by Crippen LogP contribution is -2.09. The van der Waals surface area contributed by atoms with Crippen molar-refractivity contribution in [2.24, 2.45) is 0 Å². The summed E-state index contributed by atoms with van der Waals surface area (Å²) < 4.78 is 4.78. The molecule has 0 atom stereocenters. The van der Waals surface area contributed by atoms with Gasteiger partial charge in [-0.2, -0.15) is 0 Å². The third-order valence-electron chi connectivity index (χ3n) is 2.25. The lowest BCUT2D eigenvalue weighted by Gasteiger charge is -2.05. The molecule has 88 valence electrons. The number of nitrogens with zero attached hydrogens (tertiary/aromatic N) is 2. The number of nitro benzene ring substituents is 1. The second-order valence-corrected chi connectivity index (χ2v) is 3.16. The van der Waals surface area contributed by atoms with E-state index in [4.69, 9.17) is 4.74 Å². The second kappa shape index (κ2) is 3.74. The van der Waals surface area contributed by atoms with Crippen molar-refractivity contribution >= 4 is 16.6 Å². The zero-order valence-electron chi connectivity index (χ0n) is 8.63. The van der Waals surface area contributed by atoms with Crippen LogP contribution in [0, 0.1) is 10.1 Å². The first-order chi connectivity index (χ1) is 8.06. The fourth-order valence-electron chi connectivity index (χ4n) is 1.51. The number of methoxy groups -OCH3 is 1. The molecule has 8 heteroatoms. The molecule has 2 rings (SSSR count). The van der Waals surface area contributed by atoms with Gasteiger partial charge in [0, 0.05) is 6.07 Å². The SMILES string of the molecule is COc1cc2nc[nH]c(=O)c2c([N+](=O)[O-])c1O. The molecule has 1 aromatic heterocycles. The number of fused-ring (bicyclic) bond motifs is 1. The number of benzene rings is 1. The molecule has 0 radical (unpaired) electrons. The number of phenolic OH excluding ortho intramolecular Hbond substituents is 1. The van der Waals surface area contributed by atoms with Gasteiger partial charge in [0.15, 0.2) is 5.75 Å². The highest BCUT2D eigenvalue weighted by Crippen LogP contribution is 2.39. The van der Waals surface area contributed by atoms with Crippen LogP contribution in [0.4, 0.5) is 5.69 Å². The molecule has 17 heavy (non-hydrogen) atoms. The zero-order valence-corrected chi connectivity index (χ0v) is 8.63. The number of nitro groups is 1. The number of rotatable bonds is 2. The molecular formula is C9H7N3O5. The fourth-order valence-corrected chi connectivity index (χ4v) is 1.51. The fraction of sp³-hybridized carbons (Fsp3) is 0.111. The Balaban J connectivity index is 3.04. The molecule has 0 aliphatic heterocycles. The zero-order chi connectivity index (χ0) is 12.6. The van der Waals surface area contributed by atoms with Gasteiger partial charge in [-0.25, -0.2) is 4.98 Å².